The van der Waals surface area contributed by atoms with E-state index >= 15 is 0 Å². The smallest absolute Gasteiger partial charge is 0.410 e. The second-order valence-corrected chi connectivity index (χ2v) is 17.2. The minimum Gasteiger partial charge on any atom is -0.460 e. The first-order valence-corrected chi connectivity index (χ1v) is 21.8. The van der Waals surface area contributed by atoms with Gasteiger partial charge in [0.2, 0.25) is 23.6 Å². The maximum atomic E-state index is 12.5. The molecule has 0 spiro atoms. The van der Waals surface area contributed by atoms with Gasteiger partial charge in [-0.05, 0) is 120 Å². The molecule has 6 aliphatic rings. The Morgan fingerprint density at radius 3 is 1.55 bits per heavy atom. The van der Waals surface area contributed by atoms with Crippen molar-refractivity contribution in [1.82, 2.24) is 30.7 Å². The number of carbonyl (C=O) groups excluding carboxylic acids is 7. The normalized spacial score (nSPS) is 22.1. The highest BCUT2D eigenvalue weighted by molar-refractivity contribution is 6.04. The topological polar surface area (TPSA) is 193 Å². The number of amides is 7. The molecule has 16 nitrogen and oxygen atoms in total. The molecule has 2 atom stereocenters. The van der Waals surface area contributed by atoms with Gasteiger partial charge in [0.25, 0.3) is 11.8 Å². The summed E-state index contributed by atoms with van der Waals surface area (Å²) in [7, 11) is 0. The van der Waals surface area contributed by atoms with Crippen LogP contribution in [0.2, 0.25) is 0 Å². The van der Waals surface area contributed by atoms with Crippen LogP contribution in [0.5, 0.6) is 11.5 Å². The minimum absolute atomic E-state index is 0. The molecule has 0 saturated carbocycles. The summed E-state index contributed by atoms with van der Waals surface area (Å²) in [6, 6.07) is 14.5. The van der Waals surface area contributed by atoms with Crippen molar-refractivity contribution in [1.29, 1.82) is 0 Å². The number of hydrogen-bond acceptors (Lipinski definition) is 11. The van der Waals surface area contributed by atoms with Crippen molar-refractivity contribution >= 4 is 41.5 Å². The largest absolute Gasteiger partial charge is 0.460 e. The quantitative estimate of drug-likeness (QED) is 0.286. The lowest BCUT2D eigenvalue weighted by atomic mass is 9.89. The molecule has 16 heteroatoms. The second-order valence-electron chi connectivity index (χ2n) is 17.2. The summed E-state index contributed by atoms with van der Waals surface area (Å²) >= 11 is 0. The van der Waals surface area contributed by atoms with Gasteiger partial charge in [0, 0.05) is 39.5 Å². The van der Waals surface area contributed by atoms with E-state index in [9.17, 15) is 33.6 Å². The molecule has 6 aliphatic heterocycles. The molecule has 4 fully saturated rings. The van der Waals surface area contributed by atoms with Gasteiger partial charge in [-0.15, -0.1) is 0 Å². The number of likely N-dealkylation sites (tertiary alicyclic amines) is 1. The fourth-order valence-electron chi connectivity index (χ4n) is 8.48. The number of nitrogens with one attached hydrogen (secondary N) is 3. The highest BCUT2D eigenvalue weighted by atomic mass is 16.6. The molecule has 0 radical (unpaired) electrons. The average molecular weight is 886 g/mol. The summed E-state index contributed by atoms with van der Waals surface area (Å²) in [6.45, 7) is 11.6. The maximum absolute atomic E-state index is 12.5. The summed E-state index contributed by atoms with van der Waals surface area (Å²) in [5, 5.41) is 7.95. The van der Waals surface area contributed by atoms with Crippen molar-refractivity contribution in [2.75, 3.05) is 39.3 Å². The van der Waals surface area contributed by atoms with E-state index in [1.807, 2.05) is 63.2 Å². The zero-order valence-electron chi connectivity index (χ0n) is 37.6. The first-order chi connectivity index (χ1) is 30.6. The Kier molecular flexibility index (Phi) is 16.3. The lowest BCUT2D eigenvalue weighted by molar-refractivity contribution is -0.143. The van der Waals surface area contributed by atoms with E-state index < -0.39 is 29.5 Å². The van der Waals surface area contributed by atoms with Gasteiger partial charge in [-0.3, -0.25) is 39.4 Å². The van der Waals surface area contributed by atoms with Gasteiger partial charge in [-0.25, -0.2) is 4.79 Å². The fraction of sp³-hybridized carbons (Fsp3) is 0.521. The first kappa shape index (κ1) is 47.4. The number of nitrogens with zero attached hydrogens (tertiary/aromatic N) is 3. The predicted octanol–water partition coefficient (Wildman–Crippen LogP) is 5.44. The van der Waals surface area contributed by atoms with E-state index in [0.29, 0.717) is 67.7 Å². The Hall–Kier alpha value is -6.03. The van der Waals surface area contributed by atoms with Crippen LogP contribution in [0.4, 0.5) is 4.79 Å². The Morgan fingerprint density at radius 2 is 1.12 bits per heavy atom. The van der Waals surface area contributed by atoms with Crippen LogP contribution in [-0.2, 0) is 33.5 Å². The van der Waals surface area contributed by atoms with Gasteiger partial charge < -0.3 is 34.2 Å². The van der Waals surface area contributed by atoms with Gasteiger partial charge in [0.05, 0.1) is 13.1 Å². The molecule has 2 aromatic carbocycles. The lowest BCUT2D eigenvalue weighted by Gasteiger charge is -2.33. The summed E-state index contributed by atoms with van der Waals surface area (Å²) in [4.78, 5) is 88.6. The average Bonchev–Trinajstić information content (AvgIpc) is 3.81. The molecule has 2 aromatic rings. The van der Waals surface area contributed by atoms with Crippen molar-refractivity contribution in [3.63, 3.8) is 0 Å². The van der Waals surface area contributed by atoms with Crippen molar-refractivity contribution in [3.05, 3.63) is 83.3 Å². The van der Waals surface area contributed by atoms with Gasteiger partial charge in [0.15, 0.2) is 0 Å². The van der Waals surface area contributed by atoms with Crippen LogP contribution in [-0.4, -0.2) is 113 Å². The molecule has 64 heavy (non-hydrogen) atoms. The van der Waals surface area contributed by atoms with Crippen LogP contribution >= 0.6 is 0 Å². The van der Waals surface area contributed by atoms with Crippen molar-refractivity contribution in [2.45, 2.75) is 123 Å². The SMILES string of the molecule is C.CC(C)(C)OC(=O)N1CCC(c2cccc(OC3=CC(=O)N(C4CCC(=O)NC4=O)C3)c2)CC1.O=C1CCC(N2CC(Oc3cccc(C4CCNCC4)c3)=CC2=O)C(=O)N1.[2H]CC. The molecule has 346 valence electrons. The van der Waals surface area contributed by atoms with E-state index in [1.54, 1.807) is 11.8 Å². The van der Waals surface area contributed by atoms with E-state index in [-0.39, 0.29) is 63.1 Å². The fourth-order valence-corrected chi connectivity index (χ4v) is 8.48. The number of hydrogen-bond donors (Lipinski definition) is 3. The first-order valence-electron chi connectivity index (χ1n) is 22.5. The second kappa shape index (κ2) is 22.0. The van der Waals surface area contributed by atoms with Crippen LogP contribution in [0.1, 0.15) is 118 Å². The van der Waals surface area contributed by atoms with Gasteiger partial charge in [0.1, 0.15) is 40.7 Å². The van der Waals surface area contributed by atoms with Crippen LogP contribution in [0.3, 0.4) is 0 Å². The minimum atomic E-state index is -0.663. The third kappa shape index (κ3) is 12.8. The number of imide groups is 2. The number of ether oxygens (including phenoxy) is 3. The third-order valence-electron chi connectivity index (χ3n) is 11.6. The summed E-state index contributed by atoms with van der Waals surface area (Å²) < 4.78 is 23.6. The predicted molar refractivity (Wildman–Crippen MR) is 239 cm³/mol. The van der Waals surface area contributed by atoms with Gasteiger partial charge in [-0.1, -0.05) is 45.5 Å². The molecule has 0 aromatic heterocycles. The van der Waals surface area contributed by atoms with E-state index in [2.05, 4.69) is 22.0 Å². The van der Waals surface area contributed by atoms with E-state index in [1.165, 1.54) is 27.5 Å². The van der Waals surface area contributed by atoms with Crippen molar-refractivity contribution in [2.24, 2.45) is 0 Å². The standard InChI is InChI=1S/C25H31N3O6.C20H23N3O4.C2H6.CH4/c1-25(2,3)34-24(32)27-11-9-16(10-12-27)17-5-4-6-18(13-17)33-19-14-22(30)28(15-19)20-7-8-21(29)26-23(20)31;24-18-5-4-17(20(26)22-18)23-12-16(11-19(23)25)27-15-3-1-2-14(10-15)13-6-8-21-9-7-13;1-2;/h4-6,13-14,16,20H,7-12,15H2,1-3H3,(H,26,29,31);1-3,10-11,13,17,21H,4-9,12H2,(H,22,24,26);1-2H3;1H4/i;;1D;. The van der Waals surface area contributed by atoms with Crippen molar-refractivity contribution in [3.8, 4) is 11.5 Å². The zero-order valence-corrected chi connectivity index (χ0v) is 36.6. The molecule has 0 bridgehead atoms. The van der Waals surface area contributed by atoms with Crippen LogP contribution in [0, 0.1) is 0 Å². The number of carbonyl (C=O) groups is 7. The van der Waals surface area contributed by atoms with Crippen LogP contribution in [0.25, 0.3) is 0 Å². The number of benzene rings is 2. The summed E-state index contributed by atoms with van der Waals surface area (Å²) in [6.07, 6.45) is 7.54. The molecule has 7 amide bonds. The molecule has 0 aliphatic carbocycles. The Balaban J connectivity index is 0.000000232. The van der Waals surface area contributed by atoms with Crippen LogP contribution in [0.15, 0.2) is 72.2 Å². The summed E-state index contributed by atoms with van der Waals surface area (Å²) in [5.41, 5.74) is 1.86. The molecule has 8 rings (SSSR count). The molecular weight excluding hydrogens is 821 g/mol. The highest BCUT2D eigenvalue weighted by Crippen LogP contribution is 2.33. The monoisotopic (exact) mass is 885 g/mol. The maximum Gasteiger partial charge on any atom is 0.410 e. The highest BCUT2D eigenvalue weighted by Gasteiger charge is 2.39. The Bertz CT molecular complexity index is 2140. The Labute approximate surface area is 377 Å². The molecule has 4 saturated heterocycles. The molecule has 2 unspecified atom stereocenters. The number of piperidine rings is 4. The number of rotatable bonds is 8. The lowest BCUT2D eigenvalue weighted by Crippen LogP contribution is -2.53. The zero-order chi connectivity index (χ0) is 46.0. The van der Waals surface area contributed by atoms with Gasteiger partial charge >= 0.3 is 6.09 Å². The molecular formula is C48H64N6O10. The third-order valence-corrected chi connectivity index (χ3v) is 11.6. The summed E-state index contributed by atoms with van der Waals surface area (Å²) in [5.74, 6) is 1.11. The van der Waals surface area contributed by atoms with Crippen molar-refractivity contribution < 1.29 is 49.1 Å². The van der Waals surface area contributed by atoms with E-state index in [0.717, 1.165) is 44.3 Å². The van der Waals surface area contributed by atoms with Crippen LogP contribution < -0.4 is 25.4 Å². The molecule has 6 heterocycles. The molecule has 3 N–H and O–H groups in total. The van der Waals surface area contributed by atoms with E-state index in [4.69, 9.17) is 15.6 Å². The van der Waals surface area contributed by atoms with Gasteiger partial charge in [-0.2, -0.15) is 0 Å². The Morgan fingerprint density at radius 1 is 0.688 bits per heavy atom.